The summed E-state index contributed by atoms with van der Waals surface area (Å²) in [5, 5.41) is 11.2. The molecule has 24 heavy (non-hydrogen) atoms. The SMILES string of the molecule is CN=C(NCCCn1nc(C)cc1C)NCCC1=CCOCC1.I. The van der Waals surface area contributed by atoms with Crippen molar-refractivity contribution < 1.29 is 4.74 Å². The minimum Gasteiger partial charge on any atom is -0.377 e. The summed E-state index contributed by atoms with van der Waals surface area (Å²) in [5.74, 6) is 0.867. The monoisotopic (exact) mass is 447 g/mol. The first-order chi connectivity index (χ1) is 11.2. The van der Waals surface area contributed by atoms with Gasteiger partial charge in [0.1, 0.15) is 0 Å². The van der Waals surface area contributed by atoms with Crippen LogP contribution in [0.2, 0.25) is 0 Å². The van der Waals surface area contributed by atoms with Crippen molar-refractivity contribution in [3.8, 4) is 0 Å². The quantitative estimate of drug-likeness (QED) is 0.222. The Kier molecular flexibility index (Phi) is 10.0. The van der Waals surface area contributed by atoms with E-state index >= 15 is 0 Å². The summed E-state index contributed by atoms with van der Waals surface area (Å²) >= 11 is 0. The number of nitrogens with one attached hydrogen (secondary N) is 2. The highest BCUT2D eigenvalue weighted by molar-refractivity contribution is 14.0. The number of ether oxygens (including phenoxy) is 1. The van der Waals surface area contributed by atoms with Crippen molar-refractivity contribution in [1.29, 1.82) is 0 Å². The number of halogens is 1. The third-order valence-electron chi connectivity index (χ3n) is 3.96. The molecule has 6 nitrogen and oxygen atoms in total. The van der Waals surface area contributed by atoms with E-state index < -0.39 is 0 Å². The molecule has 0 fully saturated rings. The molecule has 0 atom stereocenters. The molecule has 2 rings (SSSR count). The second-order valence-corrected chi connectivity index (χ2v) is 5.87. The Bertz CT molecular complexity index is 553. The van der Waals surface area contributed by atoms with Crippen LogP contribution in [-0.4, -0.2) is 49.1 Å². The molecule has 1 aromatic rings. The molecule has 0 aromatic carbocycles. The van der Waals surface area contributed by atoms with Crippen LogP contribution in [0.25, 0.3) is 0 Å². The van der Waals surface area contributed by atoms with Gasteiger partial charge in [0.25, 0.3) is 0 Å². The summed E-state index contributed by atoms with van der Waals surface area (Å²) in [7, 11) is 1.81. The summed E-state index contributed by atoms with van der Waals surface area (Å²) in [6, 6.07) is 2.11. The van der Waals surface area contributed by atoms with Crippen LogP contribution in [0.3, 0.4) is 0 Å². The lowest BCUT2D eigenvalue weighted by Gasteiger charge is -2.15. The summed E-state index contributed by atoms with van der Waals surface area (Å²) < 4.78 is 7.38. The molecule has 0 bridgehead atoms. The van der Waals surface area contributed by atoms with E-state index in [1.165, 1.54) is 11.3 Å². The van der Waals surface area contributed by atoms with Crippen molar-refractivity contribution in [2.45, 2.75) is 39.7 Å². The molecule has 1 aliphatic rings. The van der Waals surface area contributed by atoms with E-state index in [0.29, 0.717) is 0 Å². The molecule has 2 N–H and O–H groups in total. The van der Waals surface area contributed by atoms with Crippen LogP contribution < -0.4 is 10.6 Å². The van der Waals surface area contributed by atoms with Gasteiger partial charge in [0.15, 0.2) is 5.96 Å². The molecule has 0 unspecified atom stereocenters. The Labute approximate surface area is 162 Å². The topological polar surface area (TPSA) is 63.5 Å². The Balaban J connectivity index is 0.00000288. The third-order valence-corrected chi connectivity index (χ3v) is 3.96. The maximum atomic E-state index is 5.32. The van der Waals surface area contributed by atoms with Gasteiger partial charge in [-0.15, -0.1) is 24.0 Å². The zero-order valence-corrected chi connectivity index (χ0v) is 17.3. The van der Waals surface area contributed by atoms with Gasteiger partial charge in [-0.3, -0.25) is 9.67 Å². The number of aliphatic imine (C=N–C) groups is 1. The van der Waals surface area contributed by atoms with Crippen molar-refractivity contribution in [3.05, 3.63) is 29.1 Å². The minimum atomic E-state index is 0. The van der Waals surface area contributed by atoms with E-state index in [-0.39, 0.29) is 24.0 Å². The zero-order valence-electron chi connectivity index (χ0n) is 15.0. The molecule has 0 amide bonds. The van der Waals surface area contributed by atoms with Crippen molar-refractivity contribution in [3.63, 3.8) is 0 Å². The Hall–Kier alpha value is -1.09. The first-order valence-corrected chi connectivity index (χ1v) is 8.40. The van der Waals surface area contributed by atoms with E-state index in [2.05, 4.69) is 44.5 Å². The van der Waals surface area contributed by atoms with Crippen LogP contribution in [-0.2, 0) is 11.3 Å². The van der Waals surface area contributed by atoms with E-state index in [4.69, 9.17) is 4.74 Å². The van der Waals surface area contributed by atoms with Crippen LogP contribution in [0, 0.1) is 13.8 Å². The zero-order chi connectivity index (χ0) is 16.5. The highest BCUT2D eigenvalue weighted by atomic mass is 127. The van der Waals surface area contributed by atoms with Crippen LogP contribution in [0.4, 0.5) is 0 Å². The normalized spacial score (nSPS) is 14.8. The second kappa shape index (κ2) is 11.5. The number of aromatic nitrogens is 2. The molecule has 7 heteroatoms. The fraction of sp³-hybridized carbons (Fsp3) is 0.647. The highest BCUT2D eigenvalue weighted by Gasteiger charge is 2.04. The lowest BCUT2D eigenvalue weighted by atomic mass is 10.1. The van der Waals surface area contributed by atoms with Crippen LogP contribution in [0.1, 0.15) is 30.7 Å². The average Bonchev–Trinajstić information content (AvgIpc) is 2.88. The summed E-state index contributed by atoms with van der Waals surface area (Å²) in [4.78, 5) is 4.26. The van der Waals surface area contributed by atoms with E-state index in [1.54, 1.807) is 0 Å². The van der Waals surface area contributed by atoms with Crippen LogP contribution in [0.5, 0.6) is 0 Å². The molecule has 0 spiro atoms. The first-order valence-electron chi connectivity index (χ1n) is 8.40. The van der Waals surface area contributed by atoms with Crippen molar-refractivity contribution in [2.24, 2.45) is 4.99 Å². The Morgan fingerprint density at radius 1 is 1.33 bits per heavy atom. The van der Waals surface area contributed by atoms with Crippen molar-refractivity contribution in [1.82, 2.24) is 20.4 Å². The van der Waals surface area contributed by atoms with E-state index in [9.17, 15) is 0 Å². The highest BCUT2D eigenvalue weighted by Crippen LogP contribution is 2.10. The maximum Gasteiger partial charge on any atom is 0.190 e. The van der Waals surface area contributed by atoms with Crippen LogP contribution in [0.15, 0.2) is 22.7 Å². The van der Waals surface area contributed by atoms with Gasteiger partial charge in [-0.1, -0.05) is 11.6 Å². The Morgan fingerprint density at radius 3 is 2.75 bits per heavy atom. The van der Waals surface area contributed by atoms with Gasteiger partial charge in [0.05, 0.1) is 18.9 Å². The van der Waals surface area contributed by atoms with Crippen LogP contribution >= 0.6 is 24.0 Å². The fourth-order valence-corrected chi connectivity index (χ4v) is 2.69. The van der Waals surface area contributed by atoms with Gasteiger partial charge in [-0.25, -0.2) is 0 Å². The number of rotatable bonds is 7. The Morgan fingerprint density at radius 2 is 2.12 bits per heavy atom. The second-order valence-electron chi connectivity index (χ2n) is 5.87. The van der Waals surface area contributed by atoms with Gasteiger partial charge >= 0.3 is 0 Å². The lowest BCUT2D eigenvalue weighted by Crippen LogP contribution is -2.38. The molecule has 136 valence electrons. The average molecular weight is 447 g/mol. The summed E-state index contributed by atoms with van der Waals surface area (Å²) in [6.07, 6.45) is 5.31. The van der Waals surface area contributed by atoms with Gasteiger partial charge in [0.2, 0.25) is 0 Å². The molecular weight excluding hydrogens is 417 g/mol. The fourth-order valence-electron chi connectivity index (χ4n) is 2.69. The maximum absolute atomic E-state index is 5.32. The third kappa shape index (κ3) is 7.21. The van der Waals surface area contributed by atoms with Crippen molar-refractivity contribution in [2.75, 3.05) is 33.4 Å². The standard InChI is InChI=1S/C17H29N5O.HI/c1-14-13-15(2)22(21-14)10-4-8-19-17(18-3)20-9-5-16-6-11-23-12-7-16;/h6,13H,4-5,7-12H2,1-3H3,(H2,18,19,20);1H. The lowest BCUT2D eigenvalue weighted by molar-refractivity contribution is 0.153. The number of aryl methyl sites for hydroxylation is 3. The number of guanidine groups is 1. The largest absolute Gasteiger partial charge is 0.377 e. The molecular formula is C17H30IN5O. The first kappa shape index (κ1) is 21.0. The molecule has 0 aliphatic carbocycles. The number of hydrogen-bond donors (Lipinski definition) is 2. The van der Waals surface area contributed by atoms with Gasteiger partial charge in [0, 0.05) is 32.4 Å². The molecule has 0 saturated heterocycles. The molecule has 0 radical (unpaired) electrons. The van der Waals surface area contributed by atoms with Gasteiger partial charge < -0.3 is 15.4 Å². The summed E-state index contributed by atoms with van der Waals surface area (Å²) in [5.41, 5.74) is 3.77. The smallest absolute Gasteiger partial charge is 0.190 e. The minimum absolute atomic E-state index is 0. The number of nitrogens with zero attached hydrogens (tertiary/aromatic N) is 3. The summed E-state index contributed by atoms with van der Waals surface area (Å²) in [6.45, 7) is 8.45. The van der Waals surface area contributed by atoms with Crippen molar-refractivity contribution >= 4 is 29.9 Å². The molecule has 0 saturated carbocycles. The molecule has 1 aliphatic heterocycles. The van der Waals surface area contributed by atoms with E-state index in [1.807, 2.05) is 14.0 Å². The predicted molar refractivity (Wildman–Crippen MR) is 109 cm³/mol. The van der Waals surface area contributed by atoms with Gasteiger partial charge in [-0.2, -0.15) is 5.10 Å². The van der Waals surface area contributed by atoms with E-state index in [0.717, 1.165) is 63.8 Å². The number of hydrogen-bond acceptors (Lipinski definition) is 3. The molecule has 2 heterocycles. The van der Waals surface area contributed by atoms with Gasteiger partial charge in [-0.05, 0) is 39.2 Å². The predicted octanol–water partition coefficient (Wildman–Crippen LogP) is 2.41. The molecule has 1 aromatic heterocycles.